The summed E-state index contributed by atoms with van der Waals surface area (Å²) in [7, 11) is 0. The molecule has 0 saturated heterocycles. The van der Waals surface area contributed by atoms with Crippen molar-refractivity contribution in [2.75, 3.05) is 0 Å². The molecule has 2 aliphatic rings. The van der Waals surface area contributed by atoms with E-state index in [1.54, 1.807) is 0 Å². The molecule has 0 aromatic carbocycles. The van der Waals surface area contributed by atoms with Gasteiger partial charge in [0.25, 0.3) is 0 Å². The highest BCUT2D eigenvalue weighted by Crippen LogP contribution is 2.41. The van der Waals surface area contributed by atoms with Gasteiger partial charge >= 0.3 is 0 Å². The second-order valence-electron chi connectivity index (χ2n) is 2.93. The molecular formula is C10H8I2. The van der Waals surface area contributed by atoms with Gasteiger partial charge in [0.1, 0.15) is 0 Å². The van der Waals surface area contributed by atoms with Gasteiger partial charge in [-0.25, -0.2) is 0 Å². The average molecular weight is 382 g/mol. The normalized spacial score (nSPS) is 32.5. The Morgan fingerprint density at radius 1 is 0.917 bits per heavy atom. The van der Waals surface area contributed by atoms with Crippen LogP contribution in [-0.2, 0) is 0 Å². The smallest absolute Gasteiger partial charge is 0.0303 e. The minimum absolute atomic E-state index is 0.596. The SMILES string of the molecule is IC1=CC=CC2C=CC=C(I)C12. The van der Waals surface area contributed by atoms with Crippen LogP contribution in [0.25, 0.3) is 0 Å². The first kappa shape index (κ1) is 8.99. The van der Waals surface area contributed by atoms with Crippen LogP contribution in [0.1, 0.15) is 0 Å². The lowest BCUT2D eigenvalue weighted by Crippen LogP contribution is -2.15. The van der Waals surface area contributed by atoms with Crippen molar-refractivity contribution in [3.8, 4) is 0 Å². The fourth-order valence-electron chi connectivity index (χ4n) is 1.54. The molecule has 0 unspecified atom stereocenters. The molecule has 0 fully saturated rings. The monoisotopic (exact) mass is 382 g/mol. The molecular weight excluding hydrogens is 374 g/mol. The fourth-order valence-corrected chi connectivity index (χ4v) is 4.06. The van der Waals surface area contributed by atoms with E-state index in [-0.39, 0.29) is 0 Å². The van der Waals surface area contributed by atoms with Crippen LogP contribution in [0.3, 0.4) is 0 Å². The second-order valence-corrected chi connectivity index (χ2v) is 5.42. The Labute approximate surface area is 99.8 Å². The Bertz CT molecular complexity index is 278. The van der Waals surface area contributed by atoms with Crippen LogP contribution in [0.2, 0.25) is 0 Å². The van der Waals surface area contributed by atoms with E-state index in [9.17, 15) is 0 Å². The van der Waals surface area contributed by atoms with E-state index in [1.807, 2.05) is 0 Å². The predicted molar refractivity (Wildman–Crippen MR) is 69.5 cm³/mol. The van der Waals surface area contributed by atoms with Crippen molar-refractivity contribution >= 4 is 45.2 Å². The maximum Gasteiger partial charge on any atom is 0.0303 e. The van der Waals surface area contributed by atoms with Crippen LogP contribution in [0.15, 0.2) is 43.6 Å². The highest BCUT2D eigenvalue weighted by Gasteiger charge is 2.25. The molecule has 2 rings (SSSR count). The molecule has 0 radical (unpaired) electrons. The summed E-state index contributed by atoms with van der Waals surface area (Å²) in [4.78, 5) is 0. The van der Waals surface area contributed by atoms with E-state index in [4.69, 9.17) is 0 Å². The lowest BCUT2D eigenvalue weighted by atomic mass is 9.85. The molecule has 0 N–H and O–H groups in total. The molecule has 12 heavy (non-hydrogen) atoms. The van der Waals surface area contributed by atoms with Gasteiger partial charge in [-0.3, -0.25) is 0 Å². The first-order valence-corrected chi connectivity index (χ1v) is 6.02. The molecule has 0 heterocycles. The number of rotatable bonds is 0. The van der Waals surface area contributed by atoms with Gasteiger partial charge in [-0.1, -0.05) is 36.5 Å². The van der Waals surface area contributed by atoms with Gasteiger partial charge in [-0.15, -0.1) is 0 Å². The molecule has 0 spiro atoms. The van der Waals surface area contributed by atoms with Crippen molar-refractivity contribution in [3.05, 3.63) is 43.6 Å². The first-order valence-electron chi connectivity index (χ1n) is 3.87. The largest absolute Gasteiger partial charge is 0.0766 e. The summed E-state index contributed by atoms with van der Waals surface area (Å²) in [6.45, 7) is 0. The lowest BCUT2D eigenvalue weighted by Gasteiger charge is -2.26. The van der Waals surface area contributed by atoms with Gasteiger partial charge in [0.15, 0.2) is 0 Å². The zero-order valence-electron chi connectivity index (χ0n) is 6.37. The summed E-state index contributed by atoms with van der Waals surface area (Å²) in [5, 5.41) is 0. The molecule has 0 aromatic heterocycles. The predicted octanol–water partition coefficient (Wildman–Crippen LogP) is 4.00. The zero-order valence-corrected chi connectivity index (χ0v) is 10.7. The second kappa shape index (κ2) is 3.65. The molecule has 0 aromatic rings. The Morgan fingerprint density at radius 2 is 1.42 bits per heavy atom. The van der Waals surface area contributed by atoms with Crippen molar-refractivity contribution in [3.63, 3.8) is 0 Å². The average Bonchev–Trinajstić information content (AvgIpc) is 2.04. The molecule has 0 aliphatic heterocycles. The van der Waals surface area contributed by atoms with Crippen LogP contribution in [0.4, 0.5) is 0 Å². The van der Waals surface area contributed by atoms with Gasteiger partial charge in [0.05, 0.1) is 0 Å². The lowest BCUT2D eigenvalue weighted by molar-refractivity contribution is 0.652. The maximum atomic E-state index is 2.44. The number of hydrogen-bond donors (Lipinski definition) is 0. The number of halogens is 2. The van der Waals surface area contributed by atoms with Gasteiger partial charge in [-0.05, 0) is 52.3 Å². The minimum Gasteiger partial charge on any atom is -0.0766 e. The van der Waals surface area contributed by atoms with Crippen molar-refractivity contribution in [1.29, 1.82) is 0 Å². The highest BCUT2D eigenvalue weighted by molar-refractivity contribution is 14.1. The fraction of sp³-hybridized carbons (Fsp3) is 0.200. The molecule has 0 bridgehead atoms. The summed E-state index contributed by atoms with van der Waals surface area (Å²) in [6.07, 6.45) is 13.3. The van der Waals surface area contributed by atoms with Gasteiger partial charge in [-0.2, -0.15) is 0 Å². The summed E-state index contributed by atoms with van der Waals surface area (Å²) in [6, 6.07) is 0. The number of allylic oxidation sites excluding steroid dienone is 8. The molecule has 2 heteroatoms. The van der Waals surface area contributed by atoms with Crippen molar-refractivity contribution < 1.29 is 0 Å². The third-order valence-electron chi connectivity index (χ3n) is 2.16. The van der Waals surface area contributed by atoms with Crippen molar-refractivity contribution in [1.82, 2.24) is 0 Å². The summed E-state index contributed by atoms with van der Waals surface area (Å²) < 4.78 is 2.90. The third kappa shape index (κ3) is 1.55. The van der Waals surface area contributed by atoms with Gasteiger partial charge in [0.2, 0.25) is 0 Å². The van der Waals surface area contributed by atoms with E-state index < -0.39 is 0 Å². The number of fused-ring (bicyclic) bond motifs is 1. The van der Waals surface area contributed by atoms with Gasteiger partial charge < -0.3 is 0 Å². The molecule has 62 valence electrons. The van der Waals surface area contributed by atoms with E-state index >= 15 is 0 Å². The van der Waals surface area contributed by atoms with Crippen LogP contribution >= 0.6 is 45.2 Å². The van der Waals surface area contributed by atoms with Crippen LogP contribution in [-0.4, -0.2) is 0 Å². The van der Waals surface area contributed by atoms with E-state index in [2.05, 4.69) is 81.6 Å². The quantitative estimate of drug-likeness (QED) is 0.556. The molecule has 0 atom stereocenters. The maximum absolute atomic E-state index is 2.44. The van der Waals surface area contributed by atoms with Crippen molar-refractivity contribution in [2.45, 2.75) is 0 Å². The molecule has 2 aliphatic carbocycles. The van der Waals surface area contributed by atoms with E-state index in [0.717, 1.165) is 0 Å². The van der Waals surface area contributed by atoms with Gasteiger partial charge in [0, 0.05) is 11.8 Å². The Kier molecular flexibility index (Phi) is 2.74. The third-order valence-corrected chi connectivity index (χ3v) is 4.22. The molecule has 0 saturated carbocycles. The molecule has 0 nitrogen and oxygen atoms in total. The van der Waals surface area contributed by atoms with Crippen LogP contribution in [0.5, 0.6) is 0 Å². The summed E-state index contributed by atoms with van der Waals surface area (Å²) in [5.41, 5.74) is 0. The summed E-state index contributed by atoms with van der Waals surface area (Å²) in [5.74, 6) is 1.21. The molecule has 0 amide bonds. The zero-order chi connectivity index (χ0) is 8.55. The standard InChI is InChI=1S/C10H8I2/c11-8-5-1-3-7-4-2-6-9(12)10(7)8/h1-7,10H. The van der Waals surface area contributed by atoms with E-state index in [0.29, 0.717) is 11.8 Å². The van der Waals surface area contributed by atoms with Crippen LogP contribution in [0, 0.1) is 11.8 Å². The van der Waals surface area contributed by atoms with Crippen molar-refractivity contribution in [2.24, 2.45) is 11.8 Å². The Hall–Kier alpha value is 0.420. The topological polar surface area (TPSA) is 0 Å². The Balaban J connectivity index is 2.38. The minimum atomic E-state index is 0.596. The number of hydrogen-bond acceptors (Lipinski definition) is 0. The highest BCUT2D eigenvalue weighted by atomic mass is 127. The summed E-state index contributed by atoms with van der Waals surface area (Å²) >= 11 is 4.87. The van der Waals surface area contributed by atoms with Crippen LogP contribution < -0.4 is 0 Å². The van der Waals surface area contributed by atoms with E-state index in [1.165, 1.54) is 7.16 Å². The first-order chi connectivity index (χ1) is 5.79. The Morgan fingerprint density at radius 3 is 1.83 bits per heavy atom.